The molecule has 1 amide bonds. The molecule has 1 aromatic rings. The maximum absolute atomic E-state index is 12.0. The van der Waals surface area contributed by atoms with Crippen molar-refractivity contribution in [1.82, 2.24) is 4.90 Å². The zero-order valence-corrected chi connectivity index (χ0v) is 13.2. The SMILES string of the molecule is CN(C(=O)COC(=O)c1ccc(O)cc1O)[C@H]1CCS(=O)(=O)C1. The molecule has 1 saturated heterocycles. The largest absolute Gasteiger partial charge is 0.508 e. The van der Waals surface area contributed by atoms with E-state index >= 15 is 0 Å². The van der Waals surface area contributed by atoms with Gasteiger partial charge in [-0.05, 0) is 18.6 Å². The van der Waals surface area contributed by atoms with E-state index in [2.05, 4.69) is 0 Å². The van der Waals surface area contributed by atoms with Crippen LogP contribution in [0.2, 0.25) is 0 Å². The second-order valence-electron chi connectivity index (χ2n) is 5.34. The first-order valence-electron chi connectivity index (χ1n) is 6.85. The van der Waals surface area contributed by atoms with Crippen LogP contribution in [0.4, 0.5) is 0 Å². The number of phenols is 2. The Morgan fingerprint density at radius 1 is 1.35 bits per heavy atom. The molecule has 0 aliphatic carbocycles. The normalized spacial score (nSPS) is 19.3. The Labute approximate surface area is 133 Å². The summed E-state index contributed by atoms with van der Waals surface area (Å²) in [5.41, 5.74) is -0.179. The molecular weight excluding hydrogens is 326 g/mol. The van der Waals surface area contributed by atoms with E-state index in [4.69, 9.17) is 9.84 Å². The highest BCUT2D eigenvalue weighted by Gasteiger charge is 2.33. The van der Waals surface area contributed by atoms with Gasteiger partial charge in [0.15, 0.2) is 16.4 Å². The third kappa shape index (κ3) is 4.13. The number of aromatic hydroxyl groups is 2. The summed E-state index contributed by atoms with van der Waals surface area (Å²) < 4.78 is 27.6. The van der Waals surface area contributed by atoms with Crippen molar-refractivity contribution in [3.63, 3.8) is 0 Å². The Bertz CT molecular complexity index is 729. The van der Waals surface area contributed by atoms with E-state index in [1.54, 1.807) is 0 Å². The molecule has 23 heavy (non-hydrogen) atoms. The number of ether oxygens (including phenoxy) is 1. The van der Waals surface area contributed by atoms with E-state index in [-0.39, 0.29) is 22.8 Å². The topological polar surface area (TPSA) is 121 Å². The fraction of sp³-hybridized carbons (Fsp3) is 0.429. The summed E-state index contributed by atoms with van der Waals surface area (Å²) in [5, 5.41) is 18.7. The standard InChI is InChI=1S/C14H17NO7S/c1-15(9-4-5-23(20,21)8-9)13(18)7-22-14(19)11-3-2-10(16)6-12(11)17/h2-3,6,9,16-17H,4-5,7-8H2,1H3/t9-/m0/s1. The number of amides is 1. The Kier molecular flexibility index (Phi) is 4.79. The zero-order chi connectivity index (χ0) is 17.2. The molecule has 2 N–H and O–H groups in total. The number of hydrogen-bond acceptors (Lipinski definition) is 7. The van der Waals surface area contributed by atoms with Crippen LogP contribution in [0.1, 0.15) is 16.8 Å². The van der Waals surface area contributed by atoms with Gasteiger partial charge in [-0.3, -0.25) is 4.79 Å². The van der Waals surface area contributed by atoms with Crippen LogP contribution in [0, 0.1) is 0 Å². The minimum atomic E-state index is -3.12. The highest BCUT2D eigenvalue weighted by Crippen LogP contribution is 2.23. The van der Waals surface area contributed by atoms with E-state index in [9.17, 15) is 23.1 Å². The summed E-state index contributed by atoms with van der Waals surface area (Å²) in [4.78, 5) is 25.0. The first-order chi connectivity index (χ1) is 10.7. The molecule has 0 unspecified atom stereocenters. The molecule has 1 atom stereocenters. The Hall–Kier alpha value is -2.29. The first kappa shape index (κ1) is 17.1. The predicted octanol–water partition coefficient (Wildman–Crippen LogP) is -0.0999. The molecule has 8 nitrogen and oxygen atoms in total. The van der Waals surface area contributed by atoms with Gasteiger partial charge in [-0.25, -0.2) is 13.2 Å². The van der Waals surface area contributed by atoms with Crippen LogP contribution >= 0.6 is 0 Å². The molecule has 0 saturated carbocycles. The van der Waals surface area contributed by atoms with Crippen molar-refractivity contribution in [1.29, 1.82) is 0 Å². The van der Waals surface area contributed by atoms with Gasteiger partial charge in [-0.2, -0.15) is 0 Å². The number of benzene rings is 1. The smallest absolute Gasteiger partial charge is 0.342 e. The van der Waals surface area contributed by atoms with Gasteiger partial charge in [0.05, 0.1) is 11.5 Å². The molecule has 126 valence electrons. The van der Waals surface area contributed by atoms with Gasteiger partial charge in [-0.1, -0.05) is 0 Å². The molecule has 0 radical (unpaired) electrons. The van der Waals surface area contributed by atoms with Gasteiger partial charge in [0.2, 0.25) is 0 Å². The van der Waals surface area contributed by atoms with Gasteiger partial charge < -0.3 is 19.8 Å². The molecule has 1 aliphatic heterocycles. The number of hydrogen-bond donors (Lipinski definition) is 2. The maximum atomic E-state index is 12.0. The van der Waals surface area contributed by atoms with Crippen LogP contribution in [0.5, 0.6) is 11.5 Å². The summed E-state index contributed by atoms with van der Waals surface area (Å²) in [6, 6.07) is 2.93. The molecule has 2 rings (SSSR count). The van der Waals surface area contributed by atoms with Crippen molar-refractivity contribution in [3.05, 3.63) is 23.8 Å². The number of esters is 1. The van der Waals surface area contributed by atoms with Crippen LogP contribution in [0.25, 0.3) is 0 Å². The van der Waals surface area contributed by atoms with Crippen molar-refractivity contribution >= 4 is 21.7 Å². The monoisotopic (exact) mass is 343 g/mol. The summed E-state index contributed by atoms with van der Waals surface area (Å²) in [7, 11) is -1.66. The molecule has 1 aromatic carbocycles. The molecule has 1 heterocycles. The first-order valence-corrected chi connectivity index (χ1v) is 8.67. The van der Waals surface area contributed by atoms with Gasteiger partial charge in [-0.15, -0.1) is 0 Å². The molecule has 1 fully saturated rings. The van der Waals surface area contributed by atoms with E-state index in [0.29, 0.717) is 6.42 Å². The van der Waals surface area contributed by atoms with E-state index in [1.807, 2.05) is 0 Å². The third-order valence-corrected chi connectivity index (χ3v) is 5.43. The lowest BCUT2D eigenvalue weighted by molar-refractivity contribution is -0.134. The van der Waals surface area contributed by atoms with E-state index < -0.39 is 40.1 Å². The number of rotatable bonds is 4. The number of carbonyl (C=O) groups is 2. The fourth-order valence-electron chi connectivity index (χ4n) is 2.28. The summed E-state index contributed by atoms with van der Waals surface area (Å²) >= 11 is 0. The van der Waals surface area contributed by atoms with Crippen LogP contribution in [0.3, 0.4) is 0 Å². The Balaban J connectivity index is 1.92. The van der Waals surface area contributed by atoms with Crippen molar-refractivity contribution in [2.24, 2.45) is 0 Å². The lowest BCUT2D eigenvalue weighted by Crippen LogP contribution is -2.40. The number of carbonyl (C=O) groups excluding carboxylic acids is 2. The maximum Gasteiger partial charge on any atom is 0.342 e. The molecule has 0 bridgehead atoms. The molecule has 0 aromatic heterocycles. The van der Waals surface area contributed by atoms with Crippen molar-refractivity contribution < 1.29 is 33.0 Å². The minimum absolute atomic E-state index is 0.0382. The molecular formula is C14H17NO7S. The zero-order valence-electron chi connectivity index (χ0n) is 12.4. The van der Waals surface area contributed by atoms with Crippen LogP contribution in [-0.2, 0) is 19.4 Å². The van der Waals surface area contributed by atoms with Gasteiger partial charge in [0.1, 0.15) is 17.1 Å². The average Bonchev–Trinajstić information content (AvgIpc) is 2.83. The Morgan fingerprint density at radius 2 is 2.04 bits per heavy atom. The molecule has 9 heteroatoms. The molecule has 0 spiro atoms. The number of nitrogens with zero attached hydrogens (tertiary/aromatic N) is 1. The van der Waals surface area contributed by atoms with Gasteiger partial charge >= 0.3 is 5.97 Å². The number of sulfone groups is 1. The average molecular weight is 343 g/mol. The van der Waals surface area contributed by atoms with Gasteiger partial charge in [0.25, 0.3) is 5.91 Å². The number of phenolic OH excluding ortho intramolecular Hbond substituents is 2. The van der Waals surface area contributed by atoms with Crippen LogP contribution in [-0.4, -0.2) is 66.6 Å². The predicted molar refractivity (Wildman–Crippen MR) is 79.9 cm³/mol. The van der Waals surface area contributed by atoms with Crippen LogP contribution in [0.15, 0.2) is 18.2 Å². The second-order valence-corrected chi connectivity index (χ2v) is 7.57. The van der Waals surface area contributed by atoms with Crippen molar-refractivity contribution in [2.75, 3.05) is 25.2 Å². The number of likely N-dealkylation sites (N-methyl/N-ethyl adjacent to an activating group) is 1. The third-order valence-electron chi connectivity index (χ3n) is 3.68. The second kappa shape index (κ2) is 6.45. The highest BCUT2D eigenvalue weighted by molar-refractivity contribution is 7.91. The summed E-state index contributed by atoms with van der Waals surface area (Å²) in [5.74, 6) is -2.17. The quantitative estimate of drug-likeness (QED) is 0.732. The van der Waals surface area contributed by atoms with Crippen molar-refractivity contribution in [3.8, 4) is 11.5 Å². The summed E-state index contributed by atoms with van der Waals surface area (Å²) in [6.45, 7) is -0.563. The van der Waals surface area contributed by atoms with E-state index in [0.717, 1.165) is 6.07 Å². The van der Waals surface area contributed by atoms with Crippen LogP contribution < -0.4 is 0 Å². The summed E-state index contributed by atoms with van der Waals surface area (Å²) in [6.07, 6.45) is 0.358. The van der Waals surface area contributed by atoms with Crippen molar-refractivity contribution in [2.45, 2.75) is 12.5 Å². The highest BCUT2D eigenvalue weighted by atomic mass is 32.2. The lowest BCUT2D eigenvalue weighted by atomic mass is 10.2. The fourth-order valence-corrected chi connectivity index (χ4v) is 4.06. The lowest BCUT2D eigenvalue weighted by Gasteiger charge is -2.23. The van der Waals surface area contributed by atoms with Gasteiger partial charge in [0, 0.05) is 19.2 Å². The van der Waals surface area contributed by atoms with E-state index in [1.165, 1.54) is 24.1 Å². The molecule has 1 aliphatic rings. The minimum Gasteiger partial charge on any atom is -0.508 e. The Morgan fingerprint density at radius 3 is 2.61 bits per heavy atom.